The van der Waals surface area contributed by atoms with E-state index in [1.807, 2.05) is 0 Å². The smallest absolute Gasteiger partial charge is 0.337 e. The van der Waals surface area contributed by atoms with Crippen LogP contribution in [0.1, 0.15) is 52.9 Å². The molecule has 0 fully saturated rings. The Morgan fingerprint density at radius 1 is 1.20 bits per heavy atom. The van der Waals surface area contributed by atoms with Crippen LogP contribution in [0.4, 0.5) is 0 Å². The Morgan fingerprint density at radius 3 is 2.60 bits per heavy atom. The van der Waals surface area contributed by atoms with Gasteiger partial charge in [-0.3, -0.25) is 0 Å². The lowest BCUT2D eigenvalue weighted by molar-refractivity contribution is -0.136. The van der Waals surface area contributed by atoms with Crippen LogP contribution in [0.25, 0.3) is 0 Å². The van der Waals surface area contributed by atoms with Crippen molar-refractivity contribution in [2.75, 3.05) is 13.7 Å². The summed E-state index contributed by atoms with van der Waals surface area (Å²) in [5.41, 5.74) is 3.39. The quantitative estimate of drug-likeness (QED) is 0.514. The zero-order valence-electron chi connectivity index (χ0n) is 13.1. The van der Waals surface area contributed by atoms with Crippen molar-refractivity contribution in [3.05, 3.63) is 34.6 Å². The largest absolute Gasteiger partial charge is 0.493 e. The average Bonchev–Trinajstić information content (AvgIpc) is 2.86. The molecule has 0 aromatic rings. The molecule has 0 radical (unpaired) electrons. The van der Waals surface area contributed by atoms with Gasteiger partial charge in [0.05, 0.1) is 12.7 Å². The predicted molar refractivity (Wildman–Crippen MR) is 81.3 cm³/mol. The fourth-order valence-electron chi connectivity index (χ4n) is 2.19. The first-order valence-electron chi connectivity index (χ1n) is 7.26. The van der Waals surface area contributed by atoms with E-state index >= 15 is 0 Å². The van der Waals surface area contributed by atoms with E-state index in [-0.39, 0.29) is 5.97 Å². The van der Waals surface area contributed by atoms with Crippen LogP contribution >= 0.6 is 0 Å². The highest BCUT2D eigenvalue weighted by molar-refractivity contribution is 5.89. The molecule has 20 heavy (non-hydrogen) atoms. The molecule has 0 spiro atoms. The lowest BCUT2D eigenvalue weighted by atomic mass is 10.1. The summed E-state index contributed by atoms with van der Waals surface area (Å²) >= 11 is 0. The van der Waals surface area contributed by atoms with E-state index in [4.69, 9.17) is 9.47 Å². The number of methoxy groups -OCH3 is 1. The summed E-state index contributed by atoms with van der Waals surface area (Å²) in [6.45, 7) is 6.88. The molecule has 3 heteroatoms. The first kappa shape index (κ1) is 16.5. The molecule has 0 saturated carbocycles. The first-order chi connectivity index (χ1) is 9.54. The molecule has 0 heterocycles. The van der Waals surface area contributed by atoms with Crippen molar-refractivity contribution in [3.8, 4) is 0 Å². The van der Waals surface area contributed by atoms with Gasteiger partial charge in [-0.25, -0.2) is 4.79 Å². The van der Waals surface area contributed by atoms with Crippen molar-refractivity contribution in [2.24, 2.45) is 0 Å². The molecule has 1 aliphatic carbocycles. The molecule has 0 aromatic carbocycles. The van der Waals surface area contributed by atoms with E-state index < -0.39 is 0 Å². The maximum Gasteiger partial charge on any atom is 0.337 e. The summed E-state index contributed by atoms with van der Waals surface area (Å²) in [5, 5.41) is 0. The van der Waals surface area contributed by atoms with E-state index in [2.05, 4.69) is 32.9 Å². The minimum Gasteiger partial charge on any atom is -0.493 e. The summed E-state index contributed by atoms with van der Waals surface area (Å²) in [6, 6.07) is 0. The van der Waals surface area contributed by atoms with E-state index in [0.29, 0.717) is 12.2 Å². The molecule has 1 aliphatic rings. The molecule has 0 amide bonds. The van der Waals surface area contributed by atoms with Gasteiger partial charge >= 0.3 is 5.97 Å². The second-order valence-corrected chi connectivity index (χ2v) is 5.43. The lowest BCUT2D eigenvalue weighted by Crippen LogP contribution is -2.06. The van der Waals surface area contributed by atoms with Crippen LogP contribution in [0.5, 0.6) is 0 Å². The van der Waals surface area contributed by atoms with Gasteiger partial charge in [-0.2, -0.15) is 0 Å². The number of hydrogen-bond acceptors (Lipinski definition) is 3. The van der Waals surface area contributed by atoms with Crippen LogP contribution in [0.2, 0.25) is 0 Å². The molecule has 0 aliphatic heterocycles. The molecule has 0 aromatic heterocycles. The van der Waals surface area contributed by atoms with Gasteiger partial charge in [-0.1, -0.05) is 17.2 Å². The van der Waals surface area contributed by atoms with Crippen molar-refractivity contribution in [1.82, 2.24) is 0 Å². The van der Waals surface area contributed by atoms with Gasteiger partial charge in [0, 0.05) is 6.42 Å². The van der Waals surface area contributed by atoms with Crippen molar-refractivity contribution in [3.63, 3.8) is 0 Å². The summed E-state index contributed by atoms with van der Waals surface area (Å²) in [6.07, 6.45) is 9.05. The molecule has 1 rings (SSSR count). The van der Waals surface area contributed by atoms with E-state index in [1.165, 1.54) is 18.3 Å². The fourth-order valence-corrected chi connectivity index (χ4v) is 2.19. The zero-order chi connectivity index (χ0) is 15.0. The number of carbonyl (C=O) groups excluding carboxylic acids is 1. The molecular formula is C17H26O3. The molecular weight excluding hydrogens is 252 g/mol. The van der Waals surface area contributed by atoms with Crippen LogP contribution in [0.15, 0.2) is 34.6 Å². The van der Waals surface area contributed by atoms with E-state index in [0.717, 1.165) is 37.9 Å². The van der Waals surface area contributed by atoms with Crippen LogP contribution in [-0.4, -0.2) is 19.7 Å². The van der Waals surface area contributed by atoms with Crippen LogP contribution < -0.4 is 0 Å². The third-order valence-electron chi connectivity index (χ3n) is 3.38. The van der Waals surface area contributed by atoms with Crippen molar-refractivity contribution in [1.29, 1.82) is 0 Å². The van der Waals surface area contributed by atoms with E-state index in [9.17, 15) is 4.79 Å². The Balaban J connectivity index is 2.42. The number of ether oxygens (including phenoxy) is 2. The van der Waals surface area contributed by atoms with Gasteiger partial charge in [0.25, 0.3) is 0 Å². The van der Waals surface area contributed by atoms with Gasteiger partial charge in [-0.15, -0.1) is 0 Å². The maximum absolute atomic E-state index is 11.5. The number of allylic oxidation sites excluding steroid dienone is 4. The minimum atomic E-state index is -0.248. The Labute approximate surface area is 122 Å². The van der Waals surface area contributed by atoms with Gasteiger partial charge in [0.15, 0.2) is 0 Å². The fraction of sp³-hybridized carbons (Fsp3) is 0.588. The second-order valence-electron chi connectivity index (χ2n) is 5.43. The van der Waals surface area contributed by atoms with Gasteiger partial charge in [0.1, 0.15) is 12.4 Å². The van der Waals surface area contributed by atoms with E-state index in [1.54, 1.807) is 0 Å². The zero-order valence-corrected chi connectivity index (χ0v) is 13.1. The Kier molecular flexibility index (Phi) is 7.13. The van der Waals surface area contributed by atoms with Gasteiger partial charge < -0.3 is 9.47 Å². The third-order valence-corrected chi connectivity index (χ3v) is 3.38. The normalized spacial score (nSPS) is 15.3. The molecule has 0 saturated heterocycles. The Morgan fingerprint density at radius 2 is 1.95 bits per heavy atom. The second kappa shape index (κ2) is 8.62. The molecule has 0 N–H and O–H groups in total. The van der Waals surface area contributed by atoms with Crippen molar-refractivity contribution < 1.29 is 14.3 Å². The Bertz CT molecular complexity index is 424. The van der Waals surface area contributed by atoms with Gasteiger partial charge in [0.2, 0.25) is 0 Å². The van der Waals surface area contributed by atoms with Crippen molar-refractivity contribution in [2.45, 2.75) is 52.9 Å². The number of carbonyl (C=O) groups is 1. The molecule has 0 bridgehead atoms. The molecule has 112 valence electrons. The highest BCUT2D eigenvalue weighted by Crippen LogP contribution is 2.27. The van der Waals surface area contributed by atoms with Gasteiger partial charge in [-0.05, 0) is 52.5 Å². The number of esters is 1. The van der Waals surface area contributed by atoms with Crippen LogP contribution in [0, 0.1) is 0 Å². The SMILES string of the molecule is COC(=O)C1=C(OC/C=C(/C)CCC=C(C)C)CCC1. The lowest BCUT2D eigenvalue weighted by Gasteiger charge is -2.07. The molecule has 0 atom stereocenters. The summed E-state index contributed by atoms with van der Waals surface area (Å²) in [5.74, 6) is 0.562. The van der Waals surface area contributed by atoms with Crippen molar-refractivity contribution >= 4 is 5.97 Å². The topological polar surface area (TPSA) is 35.5 Å². The highest BCUT2D eigenvalue weighted by Gasteiger charge is 2.22. The maximum atomic E-state index is 11.5. The summed E-state index contributed by atoms with van der Waals surface area (Å²) in [4.78, 5) is 11.5. The number of rotatable bonds is 7. The molecule has 3 nitrogen and oxygen atoms in total. The monoisotopic (exact) mass is 278 g/mol. The van der Waals surface area contributed by atoms with Crippen LogP contribution in [-0.2, 0) is 14.3 Å². The summed E-state index contributed by atoms with van der Waals surface area (Å²) in [7, 11) is 1.42. The van der Waals surface area contributed by atoms with Crippen LogP contribution in [0.3, 0.4) is 0 Å². The Hall–Kier alpha value is -1.51. The summed E-state index contributed by atoms with van der Waals surface area (Å²) < 4.78 is 10.5. The first-order valence-corrected chi connectivity index (χ1v) is 7.26. The highest BCUT2D eigenvalue weighted by atomic mass is 16.5. The number of hydrogen-bond donors (Lipinski definition) is 0. The minimum absolute atomic E-state index is 0.248. The average molecular weight is 278 g/mol. The predicted octanol–water partition coefficient (Wildman–Crippen LogP) is 4.31. The standard InChI is InChI=1S/C17H26O3/c1-13(2)7-5-8-14(3)11-12-20-16-10-6-9-15(16)17(18)19-4/h7,11H,5-6,8-10,12H2,1-4H3/b14-11-. The molecule has 0 unspecified atom stereocenters. The third kappa shape index (κ3) is 5.64.